The third kappa shape index (κ3) is 4.47. The van der Waals surface area contributed by atoms with Gasteiger partial charge in [0.1, 0.15) is 10.7 Å². The predicted octanol–water partition coefficient (Wildman–Crippen LogP) is 5.34. The lowest BCUT2D eigenvalue weighted by Gasteiger charge is -2.06. The van der Waals surface area contributed by atoms with Gasteiger partial charge in [-0.3, -0.25) is 14.9 Å². The summed E-state index contributed by atoms with van der Waals surface area (Å²) in [5, 5.41) is 15.3. The van der Waals surface area contributed by atoms with Gasteiger partial charge in [0.15, 0.2) is 0 Å². The van der Waals surface area contributed by atoms with Gasteiger partial charge in [0.25, 0.3) is 11.6 Å². The molecule has 1 aromatic heterocycles. The number of carbonyl (C=O) groups is 1. The Morgan fingerprint density at radius 3 is 2.46 bits per heavy atom. The number of benzene rings is 2. The second-order valence-corrected chi connectivity index (χ2v) is 7.22. The number of nitro benzene ring substituents is 1. The molecule has 26 heavy (non-hydrogen) atoms. The zero-order chi connectivity index (χ0) is 18.5. The van der Waals surface area contributed by atoms with Crippen molar-refractivity contribution in [2.45, 2.75) is 10.6 Å². The van der Waals surface area contributed by atoms with Crippen molar-refractivity contribution < 1.29 is 14.1 Å². The number of carbonyl (C=O) groups excluding carboxylic acids is 1. The molecule has 2 aromatic carbocycles. The van der Waals surface area contributed by atoms with E-state index in [1.165, 1.54) is 59.5 Å². The van der Waals surface area contributed by atoms with E-state index in [2.05, 4.69) is 5.32 Å². The van der Waals surface area contributed by atoms with E-state index >= 15 is 0 Å². The average Bonchev–Trinajstić information content (AvgIpc) is 3.11. The molecule has 132 valence electrons. The van der Waals surface area contributed by atoms with Crippen LogP contribution in [0.2, 0.25) is 0 Å². The number of nitro groups is 1. The molecule has 1 N–H and O–H groups in total. The monoisotopic (exact) mass is 388 g/mol. The molecule has 3 rings (SSSR count). The van der Waals surface area contributed by atoms with Crippen molar-refractivity contribution >= 4 is 40.4 Å². The van der Waals surface area contributed by atoms with Crippen molar-refractivity contribution in [3.05, 3.63) is 86.3 Å². The SMILES string of the molecule is O=C(Nc1ccc(F)cc1)c1sccc1SCc1ccc([N+](=O)[O-])cc1. The minimum absolute atomic E-state index is 0.0497. The molecule has 0 radical (unpaired) electrons. The molecule has 0 bridgehead atoms. The Kier molecular flexibility index (Phi) is 5.65. The van der Waals surface area contributed by atoms with E-state index in [1.54, 1.807) is 12.1 Å². The number of halogens is 1. The molecule has 8 heteroatoms. The topological polar surface area (TPSA) is 72.2 Å². The number of amides is 1. The van der Waals surface area contributed by atoms with Crippen LogP contribution in [-0.2, 0) is 5.75 Å². The summed E-state index contributed by atoms with van der Waals surface area (Å²) in [6, 6.07) is 13.8. The molecule has 0 saturated carbocycles. The zero-order valence-electron chi connectivity index (χ0n) is 13.3. The van der Waals surface area contributed by atoms with Crippen molar-refractivity contribution in [2.24, 2.45) is 0 Å². The van der Waals surface area contributed by atoms with Gasteiger partial charge in [0, 0.05) is 28.5 Å². The van der Waals surface area contributed by atoms with E-state index in [1.807, 2.05) is 11.4 Å². The molecule has 0 aliphatic carbocycles. The molecule has 0 saturated heterocycles. The molecule has 3 aromatic rings. The van der Waals surface area contributed by atoms with Crippen LogP contribution in [0.3, 0.4) is 0 Å². The third-order valence-corrected chi connectivity index (χ3v) is 5.65. The molecule has 0 aliphatic heterocycles. The zero-order valence-corrected chi connectivity index (χ0v) is 15.0. The van der Waals surface area contributed by atoms with Gasteiger partial charge >= 0.3 is 0 Å². The first-order valence-electron chi connectivity index (χ1n) is 7.53. The summed E-state index contributed by atoms with van der Waals surface area (Å²) in [5.41, 5.74) is 1.50. The summed E-state index contributed by atoms with van der Waals surface area (Å²) < 4.78 is 12.9. The number of anilines is 1. The quantitative estimate of drug-likeness (QED) is 0.351. The van der Waals surface area contributed by atoms with Crippen LogP contribution in [0.15, 0.2) is 64.9 Å². The number of nitrogens with zero attached hydrogens (tertiary/aromatic N) is 1. The third-order valence-electron chi connectivity index (χ3n) is 3.48. The van der Waals surface area contributed by atoms with E-state index in [0.29, 0.717) is 16.3 Å². The summed E-state index contributed by atoms with van der Waals surface area (Å²) in [6.45, 7) is 0. The van der Waals surface area contributed by atoms with Crippen LogP contribution in [0, 0.1) is 15.9 Å². The molecule has 0 atom stereocenters. The Bertz CT molecular complexity index is 924. The highest BCUT2D eigenvalue weighted by Gasteiger charge is 2.14. The van der Waals surface area contributed by atoms with E-state index in [9.17, 15) is 19.3 Å². The fraction of sp³-hybridized carbons (Fsp3) is 0.0556. The standard InChI is InChI=1S/C18H13FN2O3S2/c19-13-3-5-14(6-4-13)20-18(22)17-16(9-10-25-17)26-11-12-1-7-15(8-2-12)21(23)24/h1-10H,11H2,(H,20,22). The number of thioether (sulfide) groups is 1. The van der Waals surface area contributed by atoms with Gasteiger partial charge in [-0.15, -0.1) is 23.1 Å². The smallest absolute Gasteiger partial charge is 0.269 e. The first kappa shape index (κ1) is 18.1. The maximum absolute atomic E-state index is 12.9. The maximum Gasteiger partial charge on any atom is 0.269 e. The van der Waals surface area contributed by atoms with Crippen LogP contribution >= 0.6 is 23.1 Å². The van der Waals surface area contributed by atoms with Gasteiger partial charge in [-0.25, -0.2) is 4.39 Å². The Balaban J connectivity index is 1.65. The minimum atomic E-state index is -0.437. The molecular weight excluding hydrogens is 375 g/mol. The lowest BCUT2D eigenvalue weighted by atomic mass is 10.2. The van der Waals surface area contributed by atoms with Gasteiger partial charge in [0.05, 0.1) is 4.92 Å². The van der Waals surface area contributed by atoms with Crippen molar-refractivity contribution in [3.8, 4) is 0 Å². The van der Waals surface area contributed by atoms with Crippen LogP contribution in [0.25, 0.3) is 0 Å². The summed E-state index contributed by atoms with van der Waals surface area (Å²) >= 11 is 2.81. The number of thiophene rings is 1. The van der Waals surface area contributed by atoms with Crippen LogP contribution in [0.4, 0.5) is 15.8 Å². The van der Waals surface area contributed by atoms with Crippen molar-refractivity contribution in [2.75, 3.05) is 5.32 Å². The Labute approximate surface area is 157 Å². The molecule has 5 nitrogen and oxygen atoms in total. The van der Waals surface area contributed by atoms with Gasteiger partial charge < -0.3 is 5.32 Å². The summed E-state index contributed by atoms with van der Waals surface area (Å²) in [6.07, 6.45) is 0. The lowest BCUT2D eigenvalue weighted by molar-refractivity contribution is -0.384. The summed E-state index contributed by atoms with van der Waals surface area (Å²) in [4.78, 5) is 24.1. The number of non-ortho nitro benzene ring substituents is 1. The number of nitrogens with one attached hydrogen (secondary N) is 1. The second-order valence-electron chi connectivity index (χ2n) is 5.29. The number of hydrogen-bond acceptors (Lipinski definition) is 5. The molecule has 0 aliphatic rings. The molecule has 1 amide bonds. The Hall–Kier alpha value is -2.71. The number of hydrogen-bond donors (Lipinski definition) is 1. The van der Waals surface area contributed by atoms with Gasteiger partial charge in [-0.2, -0.15) is 0 Å². The summed E-state index contributed by atoms with van der Waals surface area (Å²) in [7, 11) is 0. The van der Waals surface area contributed by atoms with Crippen molar-refractivity contribution in [1.82, 2.24) is 0 Å². The molecule has 0 fully saturated rings. The highest BCUT2D eigenvalue weighted by Crippen LogP contribution is 2.31. The normalized spacial score (nSPS) is 10.5. The van der Waals surface area contributed by atoms with Gasteiger partial charge in [-0.05, 0) is 41.3 Å². The van der Waals surface area contributed by atoms with Crippen LogP contribution < -0.4 is 5.32 Å². The van der Waals surface area contributed by atoms with Gasteiger partial charge in [-0.1, -0.05) is 12.1 Å². The number of rotatable bonds is 6. The fourth-order valence-corrected chi connectivity index (χ4v) is 4.17. The fourth-order valence-electron chi connectivity index (χ4n) is 2.17. The summed E-state index contributed by atoms with van der Waals surface area (Å²) in [5.74, 6) is -0.0257. The van der Waals surface area contributed by atoms with E-state index in [0.717, 1.165) is 10.5 Å². The Morgan fingerprint density at radius 2 is 1.81 bits per heavy atom. The molecule has 1 heterocycles. The highest BCUT2D eigenvalue weighted by atomic mass is 32.2. The van der Waals surface area contributed by atoms with Crippen molar-refractivity contribution in [1.29, 1.82) is 0 Å². The highest BCUT2D eigenvalue weighted by molar-refractivity contribution is 7.98. The van der Waals surface area contributed by atoms with Crippen LogP contribution in [-0.4, -0.2) is 10.8 Å². The predicted molar refractivity (Wildman–Crippen MR) is 101 cm³/mol. The largest absolute Gasteiger partial charge is 0.321 e. The van der Waals surface area contributed by atoms with E-state index in [-0.39, 0.29) is 17.4 Å². The molecular formula is C18H13FN2O3S2. The molecule has 0 unspecified atom stereocenters. The van der Waals surface area contributed by atoms with E-state index < -0.39 is 4.92 Å². The Morgan fingerprint density at radius 1 is 1.12 bits per heavy atom. The van der Waals surface area contributed by atoms with Crippen LogP contribution in [0.5, 0.6) is 0 Å². The van der Waals surface area contributed by atoms with E-state index in [4.69, 9.17) is 0 Å². The van der Waals surface area contributed by atoms with Crippen LogP contribution in [0.1, 0.15) is 15.2 Å². The lowest BCUT2D eigenvalue weighted by Crippen LogP contribution is -2.11. The molecule has 0 spiro atoms. The average molecular weight is 388 g/mol. The maximum atomic E-state index is 12.9. The first-order chi connectivity index (χ1) is 12.5. The first-order valence-corrected chi connectivity index (χ1v) is 9.40. The van der Waals surface area contributed by atoms with Gasteiger partial charge in [0.2, 0.25) is 0 Å². The second kappa shape index (κ2) is 8.11. The van der Waals surface area contributed by atoms with Crippen molar-refractivity contribution in [3.63, 3.8) is 0 Å². The minimum Gasteiger partial charge on any atom is -0.321 e.